The van der Waals surface area contributed by atoms with Crippen LogP contribution in [0.5, 0.6) is 0 Å². The summed E-state index contributed by atoms with van der Waals surface area (Å²) in [5.74, 6) is 0.475. The van der Waals surface area contributed by atoms with E-state index in [0.717, 1.165) is 21.3 Å². The molecule has 1 N–H and O–H groups in total. The highest BCUT2D eigenvalue weighted by molar-refractivity contribution is 7.98. The van der Waals surface area contributed by atoms with E-state index in [2.05, 4.69) is 10.3 Å². The van der Waals surface area contributed by atoms with Gasteiger partial charge in [-0.2, -0.15) is 0 Å². The number of aryl methyl sites for hydroxylation is 2. The maximum Gasteiger partial charge on any atom is 0.274 e. The SMILES string of the molecule is Cc1nc(CSc2ccc(C(=O)Nc3ccc(C)c([N+](=O)[O-])c3)cc2)cs1. The van der Waals surface area contributed by atoms with Crippen LogP contribution in [-0.2, 0) is 5.75 Å². The van der Waals surface area contributed by atoms with E-state index < -0.39 is 4.92 Å². The van der Waals surface area contributed by atoms with Gasteiger partial charge >= 0.3 is 0 Å². The summed E-state index contributed by atoms with van der Waals surface area (Å²) in [6, 6.07) is 11.9. The van der Waals surface area contributed by atoms with Crippen LogP contribution in [0.15, 0.2) is 52.7 Å². The number of anilines is 1. The molecular formula is C19H17N3O3S2. The van der Waals surface area contributed by atoms with Gasteiger partial charge in [0.25, 0.3) is 11.6 Å². The zero-order chi connectivity index (χ0) is 19.4. The molecule has 0 radical (unpaired) electrons. The molecule has 0 saturated carbocycles. The third-order valence-corrected chi connectivity index (χ3v) is 5.70. The first kappa shape index (κ1) is 19.1. The van der Waals surface area contributed by atoms with Crippen molar-refractivity contribution in [2.45, 2.75) is 24.5 Å². The summed E-state index contributed by atoms with van der Waals surface area (Å²) >= 11 is 3.29. The average Bonchev–Trinajstić information content (AvgIpc) is 3.07. The Labute approximate surface area is 164 Å². The van der Waals surface area contributed by atoms with Gasteiger partial charge in [-0.1, -0.05) is 6.07 Å². The average molecular weight is 399 g/mol. The van der Waals surface area contributed by atoms with E-state index in [1.165, 1.54) is 6.07 Å². The molecular weight excluding hydrogens is 382 g/mol. The Morgan fingerprint density at radius 1 is 1.22 bits per heavy atom. The third kappa shape index (κ3) is 4.93. The first-order chi connectivity index (χ1) is 12.9. The van der Waals surface area contributed by atoms with Gasteiger partial charge in [0.15, 0.2) is 0 Å². The second kappa shape index (κ2) is 8.32. The van der Waals surface area contributed by atoms with E-state index in [4.69, 9.17) is 0 Å². The highest BCUT2D eigenvalue weighted by Gasteiger charge is 2.13. The summed E-state index contributed by atoms with van der Waals surface area (Å²) in [7, 11) is 0. The summed E-state index contributed by atoms with van der Waals surface area (Å²) in [4.78, 5) is 28.4. The highest BCUT2D eigenvalue weighted by Crippen LogP contribution is 2.25. The number of amides is 1. The quantitative estimate of drug-likeness (QED) is 0.349. The van der Waals surface area contributed by atoms with Crippen molar-refractivity contribution in [1.82, 2.24) is 4.98 Å². The van der Waals surface area contributed by atoms with Crippen LogP contribution in [0.4, 0.5) is 11.4 Å². The Morgan fingerprint density at radius 2 is 1.96 bits per heavy atom. The molecule has 138 valence electrons. The molecule has 0 unspecified atom stereocenters. The van der Waals surface area contributed by atoms with Crippen molar-refractivity contribution in [3.8, 4) is 0 Å². The summed E-state index contributed by atoms with van der Waals surface area (Å²) in [6.07, 6.45) is 0. The minimum absolute atomic E-state index is 0.0168. The molecule has 1 aromatic heterocycles. The lowest BCUT2D eigenvalue weighted by atomic mass is 10.1. The number of aromatic nitrogens is 1. The second-order valence-electron chi connectivity index (χ2n) is 5.88. The molecule has 0 aliphatic rings. The van der Waals surface area contributed by atoms with Crippen molar-refractivity contribution < 1.29 is 9.72 Å². The lowest BCUT2D eigenvalue weighted by molar-refractivity contribution is -0.385. The van der Waals surface area contributed by atoms with Crippen LogP contribution >= 0.6 is 23.1 Å². The minimum atomic E-state index is -0.457. The zero-order valence-corrected chi connectivity index (χ0v) is 16.4. The number of benzene rings is 2. The summed E-state index contributed by atoms with van der Waals surface area (Å²) in [5.41, 5.74) is 2.47. The second-order valence-corrected chi connectivity index (χ2v) is 7.99. The zero-order valence-electron chi connectivity index (χ0n) is 14.8. The maximum atomic E-state index is 12.4. The molecule has 3 aromatic rings. The first-order valence-corrected chi connectivity index (χ1v) is 9.99. The fourth-order valence-electron chi connectivity index (χ4n) is 2.42. The number of rotatable bonds is 6. The Balaban J connectivity index is 1.63. The molecule has 2 aromatic carbocycles. The Kier molecular flexibility index (Phi) is 5.88. The Hall–Kier alpha value is -2.71. The molecule has 27 heavy (non-hydrogen) atoms. The number of nitrogens with zero attached hydrogens (tertiary/aromatic N) is 2. The standard InChI is InChI=1S/C19H17N3O3S2/c1-12-3-6-15(9-18(12)22(24)25)21-19(23)14-4-7-17(8-5-14)27-11-16-10-26-13(2)20-16/h3-10H,11H2,1-2H3,(H,21,23). The molecule has 8 heteroatoms. The molecule has 0 aliphatic carbocycles. The first-order valence-electron chi connectivity index (χ1n) is 8.12. The normalized spacial score (nSPS) is 10.6. The van der Waals surface area contributed by atoms with Crippen LogP contribution in [0.1, 0.15) is 26.6 Å². The van der Waals surface area contributed by atoms with Gasteiger partial charge < -0.3 is 5.32 Å². The third-order valence-electron chi connectivity index (χ3n) is 3.83. The smallest absolute Gasteiger partial charge is 0.274 e. The van der Waals surface area contributed by atoms with Crippen molar-refractivity contribution in [3.05, 3.63) is 79.8 Å². The molecule has 1 amide bonds. The number of carbonyl (C=O) groups excluding carboxylic acids is 1. The van der Waals surface area contributed by atoms with Crippen LogP contribution in [0, 0.1) is 24.0 Å². The number of nitro groups is 1. The van der Waals surface area contributed by atoms with E-state index in [1.807, 2.05) is 24.4 Å². The van der Waals surface area contributed by atoms with Gasteiger partial charge in [0.05, 0.1) is 15.6 Å². The summed E-state index contributed by atoms with van der Waals surface area (Å²) < 4.78 is 0. The van der Waals surface area contributed by atoms with E-state index in [1.54, 1.807) is 54.3 Å². The Morgan fingerprint density at radius 3 is 2.59 bits per heavy atom. The lowest BCUT2D eigenvalue weighted by Crippen LogP contribution is -2.12. The van der Waals surface area contributed by atoms with Crippen molar-refractivity contribution in [2.24, 2.45) is 0 Å². The van der Waals surface area contributed by atoms with Crippen LogP contribution < -0.4 is 5.32 Å². The topological polar surface area (TPSA) is 85.1 Å². The van der Waals surface area contributed by atoms with Gasteiger partial charge in [-0.3, -0.25) is 14.9 Å². The monoisotopic (exact) mass is 399 g/mol. The number of hydrogen-bond acceptors (Lipinski definition) is 6. The molecule has 3 rings (SSSR count). The Bertz CT molecular complexity index is 984. The van der Waals surface area contributed by atoms with Gasteiger partial charge in [0.1, 0.15) is 0 Å². The van der Waals surface area contributed by atoms with E-state index in [0.29, 0.717) is 16.8 Å². The fraction of sp³-hybridized carbons (Fsp3) is 0.158. The van der Waals surface area contributed by atoms with Crippen molar-refractivity contribution in [1.29, 1.82) is 0 Å². The molecule has 0 saturated heterocycles. The largest absolute Gasteiger partial charge is 0.322 e. The molecule has 0 bridgehead atoms. The fourth-order valence-corrected chi connectivity index (χ4v) is 3.93. The van der Waals surface area contributed by atoms with Crippen molar-refractivity contribution in [2.75, 3.05) is 5.32 Å². The van der Waals surface area contributed by atoms with E-state index in [9.17, 15) is 14.9 Å². The van der Waals surface area contributed by atoms with Crippen molar-refractivity contribution >= 4 is 40.4 Å². The molecule has 0 aliphatic heterocycles. The number of nitro benzene ring substituents is 1. The molecule has 1 heterocycles. The molecule has 0 fully saturated rings. The van der Waals surface area contributed by atoms with Gasteiger partial charge in [-0.15, -0.1) is 23.1 Å². The predicted molar refractivity (Wildman–Crippen MR) is 109 cm³/mol. The number of hydrogen-bond donors (Lipinski definition) is 1. The van der Waals surface area contributed by atoms with Crippen LogP contribution in [0.3, 0.4) is 0 Å². The lowest BCUT2D eigenvalue weighted by Gasteiger charge is -2.07. The molecule has 0 spiro atoms. The van der Waals surface area contributed by atoms with E-state index >= 15 is 0 Å². The maximum absolute atomic E-state index is 12.4. The number of nitrogens with one attached hydrogen (secondary N) is 1. The van der Waals surface area contributed by atoms with Gasteiger partial charge in [-0.05, 0) is 44.2 Å². The number of carbonyl (C=O) groups is 1. The van der Waals surface area contributed by atoms with Gasteiger partial charge in [0, 0.05) is 38.9 Å². The van der Waals surface area contributed by atoms with E-state index in [-0.39, 0.29) is 11.6 Å². The van der Waals surface area contributed by atoms with Crippen molar-refractivity contribution in [3.63, 3.8) is 0 Å². The van der Waals surface area contributed by atoms with Gasteiger partial charge in [0.2, 0.25) is 0 Å². The number of thioether (sulfide) groups is 1. The summed E-state index contributed by atoms with van der Waals surface area (Å²) in [5, 5.41) is 16.8. The predicted octanol–water partition coefficient (Wildman–Crippen LogP) is 5.21. The van der Waals surface area contributed by atoms with Crippen LogP contribution in [0.2, 0.25) is 0 Å². The minimum Gasteiger partial charge on any atom is -0.322 e. The molecule has 6 nitrogen and oxygen atoms in total. The highest BCUT2D eigenvalue weighted by atomic mass is 32.2. The van der Waals surface area contributed by atoms with Crippen LogP contribution in [0.25, 0.3) is 0 Å². The number of thiazole rings is 1. The molecule has 0 atom stereocenters. The summed E-state index contributed by atoms with van der Waals surface area (Å²) in [6.45, 7) is 3.64. The van der Waals surface area contributed by atoms with Crippen LogP contribution in [-0.4, -0.2) is 15.8 Å². The van der Waals surface area contributed by atoms with Gasteiger partial charge in [-0.25, -0.2) is 4.98 Å².